The Morgan fingerprint density at radius 2 is 1.69 bits per heavy atom. The quantitative estimate of drug-likeness (QED) is 0.277. The van der Waals surface area contributed by atoms with Gasteiger partial charge in [0.05, 0.1) is 17.6 Å². The van der Waals surface area contributed by atoms with Crippen LogP contribution in [0.3, 0.4) is 0 Å². The van der Waals surface area contributed by atoms with Gasteiger partial charge in [0, 0.05) is 17.3 Å². The van der Waals surface area contributed by atoms with E-state index in [1.807, 2.05) is 0 Å². The van der Waals surface area contributed by atoms with Crippen LogP contribution in [0.1, 0.15) is 52.4 Å². The van der Waals surface area contributed by atoms with E-state index in [0.717, 1.165) is 32.1 Å². The zero-order valence-electron chi connectivity index (χ0n) is 21.5. The number of carbonyl (C=O) groups is 1. The largest absolute Gasteiger partial charge is 0.459 e. The zero-order chi connectivity index (χ0) is 23.5. The lowest BCUT2D eigenvalue weighted by Crippen LogP contribution is -2.68. The van der Waals surface area contributed by atoms with Crippen LogP contribution >= 0.6 is 0 Å². The first-order chi connectivity index (χ1) is 14.6. The van der Waals surface area contributed by atoms with Crippen molar-refractivity contribution in [2.45, 2.75) is 110 Å². The Balaban J connectivity index is 1.65. The molecule has 0 radical (unpaired) electrons. The second-order valence-electron chi connectivity index (χ2n) is 14.2. The molecule has 5 rings (SSSR count). The average Bonchev–Trinajstić information content (AvgIpc) is 3.06. The molecular weight excluding hydrogens is 432 g/mol. The molecule has 9 atom stereocenters. The van der Waals surface area contributed by atoms with Gasteiger partial charge in [-0.1, -0.05) is 25.5 Å². The van der Waals surface area contributed by atoms with Crippen molar-refractivity contribution < 1.29 is 18.4 Å². The monoisotopic (exact) mass is 476 g/mol. The van der Waals surface area contributed by atoms with Crippen molar-refractivity contribution in [1.29, 1.82) is 0 Å². The molecule has 32 heavy (non-hydrogen) atoms. The second kappa shape index (κ2) is 6.82. The van der Waals surface area contributed by atoms with Crippen LogP contribution in [0, 0.1) is 34.0 Å². The fourth-order valence-corrected chi connectivity index (χ4v) is 11.4. The Kier molecular flexibility index (Phi) is 4.97. The molecule has 1 aliphatic heterocycles. The van der Waals surface area contributed by atoms with Crippen molar-refractivity contribution in [2.75, 3.05) is 0 Å². The molecule has 4 nitrogen and oxygen atoms in total. The lowest BCUT2D eigenvalue weighted by molar-refractivity contribution is -0.223. The summed E-state index contributed by atoms with van der Waals surface area (Å²) in [4.78, 5) is 13.3. The van der Waals surface area contributed by atoms with Crippen molar-refractivity contribution in [3.05, 3.63) is 12.2 Å². The number of rotatable bonds is 4. The second-order valence-corrected chi connectivity index (χ2v) is 23.1. The Morgan fingerprint density at radius 3 is 2.31 bits per heavy atom. The summed E-state index contributed by atoms with van der Waals surface area (Å²) in [5, 5.41) is 0. The van der Waals surface area contributed by atoms with Gasteiger partial charge in [0.1, 0.15) is 6.10 Å². The number of hydrogen-bond donors (Lipinski definition) is 0. The zero-order valence-corrected chi connectivity index (χ0v) is 23.5. The predicted molar refractivity (Wildman–Crippen MR) is 132 cm³/mol. The van der Waals surface area contributed by atoms with E-state index in [0.29, 0.717) is 11.8 Å². The van der Waals surface area contributed by atoms with E-state index in [1.165, 1.54) is 12.0 Å². The van der Waals surface area contributed by atoms with E-state index in [1.54, 1.807) is 0 Å². The summed E-state index contributed by atoms with van der Waals surface area (Å²) in [6, 6.07) is 0. The normalized spacial score (nSPS) is 50.1. The first-order valence-electron chi connectivity index (χ1n) is 12.9. The molecule has 1 saturated heterocycles. The van der Waals surface area contributed by atoms with E-state index >= 15 is 0 Å². The molecule has 6 heteroatoms. The Bertz CT molecular complexity index is 844. The number of carbonyl (C=O) groups excluding carboxylic acids is 1. The highest BCUT2D eigenvalue weighted by Crippen LogP contribution is 2.75. The van der Waals surface area contributed by atoms with Crippen LogP contribution in [-0.4, -0.2) is 40.9 Å². The predicted octanol–water partition coefficient (Wildman–Crippen LogP) is 6.15. The maximum Gasteiger partial charge on any atom is 0.312 e. The van der Waals surface area contributed by atoms with Gasteiger partial charge in [-0.05, 0) is 89.6 Å². The Morgan fingerprint density at radius 1 is 1.03 bits per heavy atom. The summed E-state index contributed by atoms with van der Waals surface area (Å²) >= 11 is 0. The van der Waals surface area contributed by atoms with Crippen LogP contribution in [0.5, 0.6) is 0 Å². The Labute approximate surface area is 197 Å². The average molecular weight is 477 g/mol. The van der Waals surface area contributed by atoms with Crippen LogP contribution in [0.15, 0.2) is 12.2 Å². The maximum absolute atomic E-state index is 13.3. The van der Waals surface area contributed by atoms with E-state index in [4.69, 9.17) is 13.6 Å². The molecule has 5 aliphatic rings. The molecule has 1 heterocycles. The third-order valence-electron chi connectivity index (χ3n) is 9.78. The lowest BCUT2D eigenvalue weighted by Gasteiger charge is -2.66. The van der Waals surface area contributed by atoms with Crippen molar-refractivity contribution in [1.82, 2.24) is 0 Å². The number of esters is 1. The van der Waals surface area contributed by atoms with E-state index in [2.05, 4.69) is 59.7 Å². The SMILES string of the molecule is C=C1C[C@@]23C[C@@H]1[C@H](O[Si](C)(C)C)CC2[C@@]1(C)CCC[C@]2(C)C(=O)O[C@@H](C12)[C@@H]3O[Si](C)(C)C. The van der Waals surface area contributed by atoms with Gasteiger partial charge in [-0.25, -0.2) is 0 Å². The number of hydrogen-bond acceptors (Lipinski definition) is 4. The van der Waals surface area contributed by atoms with Crippen molar-refractivity contribution in [3.8, 4) is 0 Å². The number of ether oxygens (including phenoxy) is 1. The molecule has 0 aromatic heterocycles. The van der Waals surface area contributed by atoms with Gasteiger partial charge in [-0.15, -0.1) is 0 Å². The molecular formula is C26H44O4Si2. The molecule has 2 bridgehead atoms. The molecule has 0 amide bonds. The minimum absolute atomic E-state index is 0.00398. The van der Waals surface area contributed by atoms with E-state index in [9.17, 15) is 4.79 Å². The molecule has 4 aliphatic carbocycles. The van der Waals surface area contributed by atoms with Crippen LogP contribution in [0.4, 0.5) is 0 Å². The number of fused-ring (bicyclic) bond motifs is 2. The highest BCUT2D eigenvalue weighted by molar-refractivity contribution is 6.70. The summed E-state index contributed by atoms with van der Waals surface area (Å²) in [7, 11) is -3.54. The summed E-state index contributed by atoms with van der Waals surface area (Å²) in [6.07, 6.45) is 6.59. The third-order valence-corrected chi connectivity index (χ3v) is 11.8. The van der Waals surface area contributed by atoms with Gasteiger partial charge >= 0.3 is 5.97 Å². The molecule has 5 fully saturated rings. The van der Waals surface area contributed by atoms with Crippen molar-refractivity contribution in [3.63, 3.8) is 0 Å². The van der Waals surface area contributed by atoms with Gasteiger partial charge in [-0.2, -0.15) is 0 Å². The van der Waals surface area contributed by atoms with Crippen molar-refractivity contribution >= 4 is 22.6 Å². The summed E-state index contributed by atoms with van der Waals surface area (Å²) in [5.41, 5.74) is 1.09. The van der Waals surface area contributed by atoms with Crippen LogP contribution in [-0.2, 0) is 18.4 Å². The molecule has 0 aromatic rings. The fourth-order valence-electron chi connectivity index (χ4n) is 9.08. The minimum atomic E-state index is -1.86. The van der Waals surface area contributed by atoms with Gasteiger partial charge in [0.2, 0.25) is 0 Å². The smallest absolute Gasteiger partial charge is 0.312 e. The van der Waals surface area contributed by atoms with Gasteiger partial charge in [0.15, 0.2) is 16.6 Å². The molecule has 0 N–H and O–H groups in total. The highest BCUT2D eigenvalue weighted by Gasteiger charge is 2.76. The van der Waals surface area contributed by atoms with Gasteiger partial charge in [0.25, 0.3) is 0 Å². The van der Waals surface area contributed by atoms with Crippen LogP contribution in [0.2, 0.25) is 39.3 Å². The summed E-state index contributed by atoms with van der Waals surface area (Å²) < 4.78 is 20.3. The molecule has 4 saturated carbocycles. The molecule has 2 unspecified atom stereocenters. The minimum Gasteiger partial charge on any atom is -0.459 e. The Hall–Kier alpha value is -0.436. The van der Waals surface area contributed by atoms with Gasteiger partial charge in [-0.3, -0.25) is 4.79 Å². The molecule has 0 aromatic carbocycles. The van der Waals surface area contributed by atoms with E-state index < -0.39 is 16.6 Å². The topological polar surface area (TPSA) is 44.8 Å². The van der Waals surface area contributed by atoms with Crippen LogP contribution < -0.4 is 0 Å². The standard InChI is InChI=1S/C26H44O4Si2/c1-16-14-26-15-17(16)18(29-31(4,5)6)13-19(26)24(2)11-10-12-25(3)21(24)20(28-23(25)27)22(26)30-32(7,8)9/h17-22H,1,10-15H2,2-9H3/t17-,18+,19?,20-,21?,22-,24+,25-,26+/m0/s1. The van der Waals surface area contributed by atoms with Gasteiger partial charge < -0.3 is 13.6 Å². The van der Waals surface area contributed by atoms with Crippen molar-refractivity contribution in [2.24, 2.45) is 34.0 Å². The lowest BCUT2D eigenvalue weighted by atomic mass is 9.40. The fraction of sp³-hybridized carbons (Fsp3) is 0.885. The molecule has 180 valence electrons. The third kappa shape index (κ3) is 3.15. The first-order valence-corrected chi connectivity index (χ1v) is 19.7. The summed E-state index contributed by atoms with van der Waals surface area (Å²) in [5.74, 6) is 1.17. The summed E-state index contributed by atoms with van der Waals surface area (Å²) in [6.45, 7) is 23.1. The van der Waals surface area contributed by atoms with E-state index in [-0.39, 0.29) is 46.4 Å². The highest BCUT2D eigenvalue weighted by atomic mass is 28.4. The van der Waals surface area contributed by atoms with Crippen LogP contribution in [0.25, 0.3) is 0 Å². The maximum atomic E-state index is 13.3. The molecule has 1 spiro atoms. The first kappa shape index (κ1) is 23.3.